The van der Waals surface area contributed by atoms with E-state index in [9.17, 15) is 9.59 Å². The molecule has 2 rings (SSSR count). The second-order valence-corrected chi connectivity index (χ2v) is 6.40. The van der Waals surface area contributed by atoms with Crippen molar-refractivity contribution in [2.24, 2.45) is 5.10 Å². The quantitative estimate of drug-likeness (QED) is 0.239. The van der Waals surface area contributed by atoms with E-state index in [1.807, 2.05) is 12.1 Å². The van der Waals surface area contributed by atoms with Crippen LogP contribution in [0.4, 0.5) is 0 Å². The predicted molar refractivity (Wildman–Crippen MR) is 121 cm³/mol. The number of benzene rings is 2. The van der Waals surface area contributed by atoms with Crippen molar-refractivity contribution in [2.45, 2.75) is 6.42 Å². The van der Waals surface area contributed by atoms with Crippen LogP contribution in [-0.2, 0) is 16.0 Å². The van der Waals surface area contributed by atoms with Gasteiger partial charge in [0, 0.05) is 6.54 Å². The summed E-state index contributed by atoms with van der Waals surface area (Å²) in [4.78, 5) is 23.9. The number of hydrogen-bond acceptors (Lipinski definition) is 7. The normalized spacial score (nSPS) is 10.3. The molecule has 170 valence electrons. The molecule has 9 heteroatoms. The number of nitrogens with one attached hydrogen (secondary N) is 2. The van der Waals surface area contributed by atoms with E-state index < -0.39 is 11.8 Å². The molecule has 2 amide bonds. The van der Waals surface area contributed by atoms with Crippen LogP contribution in [-0.4, -0.2) is 52.5 Å². The van der Waals surface area contributed by atoms with Crippen LogP contribution in [0.25, 0.3) is 0 Å². The van der Waals surface area contributed by atoms with E-state index in [4.69, 9.17) is 18.9 Å². The summed E-state index contributed by atoms with van der Waals surface area (Å²) in [6, 6.07) is 10.6. The summed E-state index contributed by atoms with van der Waals surface area (Å²) in [5, 5.41) is 6.36. The minimum absolute atomic E-state index is 0.273. The number of rotatable bonds is 11. The van der Waals surface area contributed by atoms with E-state index in [-0.39, 0.29) is 6.54 Å². The van der Waals surface area contributed by atoms with E-state index in [0.29, 0.717) is 41.6 Å². The van der Waals surface area contributed by atoms with Crippen LogP contribution in [0.1, 0.15) is 11.1 Å². The average Bonchev–Trinajstić information content (AvgIpc) is 2.82. The zero-order valence-electron chi connectivity index (χ0n) is 18.3. The Balaban J connectivity index is 1.83. The van der Waals surface area contributed by atoms with Crippen molar-refractivity contribution in [1.29, 1.82) is 0 Å². The van der Waals surface area contributed by atoms with Crippen LogP contribution in [0.5, 0.6) is 23.0 Å². The van der Waals surface area contributed by atoms with Crippen LogP contribution in [0.15, 0.2) is 54.2 Å². The van der Waals surface area contributed by atoms with Crippen molar-refractivity contribution in [2.75, 3.05) is 34.5 Å². The summed E-state index contributed by atoms with van der Waals surface area (Å²) in [5.41, 5.74) is 3.78. The first-order chi connectivity index (χ1) is 15.5. The van der Waals surface area contributed by atoms with Crippen molar-refractivity contribution < 1.29 is 28.5 Å². The Hall–Kier alpha value is -4.01. The Morgan fingerprint density at radius 1 is 0.938 bits per heavy atom. The van der Waals surface area contributed by atoms with Crippen LogP contribution in [0.2, 0.25) is 0 Å². The third kappa shape index (κ3) is 7.05. The lowest BCUT2D eigenvalue weighted by Crippen LogP contribution is -2.38. The minimum Gasteiger partial charge on any atom is -0.493 e. The topological polar surface area (TPSA) is 107 Å². The molecule has 0 saturated heterocycles. The van der Waals surface area contributed by atoms with Crippen LogP contribution in [0, 0.1) is 0 Å². The van der Waals surface area contributed by atoms with E-state index >= 15 is 0 Å². The predicted octanol–water partition coefficient (Wildman–Crippen LogP) is 2.09. The van der Waals surface area contributed by atoms with E-state index in [0.717, 1.165) is 5.56 Å². The van der Waals surface area contributed by atoms with Crippen molar-refractivity contribution in [3.05, 3.63) is 60.2 Å². The molecule has 0 fully saturated rings. The Labute approximate surface area is 187 Å². The van der Waals surface area contributed by atoms with Gasteiger partial charge >= 0.3 is 11.8 Å². The maximum Gasteiger partial charge on any atom is 0.329 e. The number of amides is 2. The number of methoxy groups -OCH3 is 3. The first-order valence-electron chi connectivity index (χ1n) is 9.76. The fourth-order valence-corrected chi connectivity index (χ4v) is 2.69. The lowest BCUT2D eigenvalue weighted by molar-refractivity contribution is -0.139. The molecule has 2 aromatic carbocycles. The molecular formula is C23H27N3O6. The monoisotopic (exact) mass is 441 g/mol. The highest BCUT2D eigenvalue weighted by Gasteiger charge is 2.12. The van der Waals surface area contributed by atoms with Crippen molar-refractivity contribution in [3.8, 4) is 23.0 Å². The number of hydrogen-bond donors (Lipinski definition) is 2. The molecule has 2 aromatic rings. The van der Waals surface area contributed by atoms with Gasteiger partial charge in [-0.15, -0.1) is 0 Å². The molecule has 2 N–H and O–H groups in total. The van der Waals surface area contributed by atoms with Crippen LogP contribution < -0.4 is 29.7 Å². The minimum atomic E-state index is -0.869. The Bertz CT molecular complexity index is 974. The summed E-state index contributed by atoms with van der Waals surface area (Å²) >= 11 is 0. The molecule has 0 saturated carbocycles. The van der Waals surface area contributed by atoms with Gasteiger partial charge in [-0.2, -0.15) is 5.10 Å². The molecule has 0 radical (unpaired) electrons. The highest BCUT2D eigenvalue weighted by Crippen LogP contribution is 2.28. The number of nitrogens with zero attached hydrogens (tertiary/aromatic N) is 1. The molecule has 0 spiro atoms. The van der Waals surface area contributed by atoms with Crippen molar-refractivity contribution in [1.82, 2.24) is 10.7 Å². The molecule has 0 aliphatic rings. The average molecular weight is 441 g/mol. The van der Waals surface area contributed by atoms with E-state index in [1.165, 1.54) is 13.3 Å². The van der Waals surface area contributed by atoms with Crippen LogP contribution in [0.3, 0.4) is 0 Å². The Kier molecular flexibility index (Phi) is 9.58. The second kappa shape index (κ2) is 12.6. The van der Waals surface area contributed by atoms with Gasteiger partial charge < -0.3 is 24.3 Å². The van der Waals surface area contributed by atoms with Gasteiger partial charge in [0.25, 0.3) is 0 Å². The zero-order chi connectivity index (χ0) is 23.3. The van der Waals surface area contributed by atoms with Gasteiger partial charge in [-0.3, -0.25) is 9.59 Å². The Morgan fingerprint density at radius 2 is 1.62 bits per heavy atom. The highest BCUT2D eigenvalue weighted by molar-refractivity contribution is 6.35. The number of carbonyl (C=O) groups excluding carboxylic acids is 2. The van der Waals surface area contributed by atoms with Gasteiger partial charge in [-0.05, 0) is 47.9 Å². The maximum atomic E-state index is 12.0. The maximum absolute atomic E-state index is 12.0. The SMILES string of the molecule is C=CCOc1ccc(/C=N\NC(=O)C(=O)NCCc2ccc(OC)c(OC)c2)cc1OC. The van der Waals surface area contributed by atoms with E-state index in [1.54, 1.807) is 44.6 Å². The molecule has 0 atom stereocenters. The first-order valence-corrected chi connectivity index (χ1v) is 9.76. The second-order valence-electron chi connectivity index (χ2n) is 6.40. The largest absolute Gasteiger partial charge is 0.493 e. The molecule has 0 aliphatic carbocycles. The number of ether oxygens (including phenoxy) is 4. The third-order valence-electron chi connectivity index (χ3n) is 4.28. The van der Waals surface area contributed by atoms with E-state index in [2.05, 4.69) is 22.4 Å². The number of hydrazone groups is 1. The standard InChI is InChI=1S/C23H27N3O6/c1-5-12-32-19-9-7-17(14-21(19)31-4)15-25-26-23(28)22(27)24-11-10-16-6-8-18(29-2)20(13-16)30-3/h5-9,13-15H,1,10-12H2,2-4H3,(H,24,27)(H,26,28)/b25-15-. The van der Waals surface area contributed by atoms with Gasteiger partial charge in [0.05, 0.1) is 27.5 Å². The fourth-order valence-electron chi connectivity index (χ4n) is 2.69. The fraction of sp³-hybridized carbons (Fsp3) is 0.261. The molecule has 9 nitrogen and oxygen atoms in total. The number of carbonyl (C=O) groups is 2. The molecule has 0 bridgehead atoms. The van der Waals surface area contributed by atoms with Crippen LogP contribution >= 0.6 is 0 Å². The molecule has 32 heavy (non-hydrogen) atoms. The summed E-state index contributed by atoms with van der Waals surface area (Å²) < 4.78 is 21.2. The third-order valence-corrected chi connectivity index (χ3v) is 4.28. The van der Waals surface area contributed by atoms with Gasteiger partial charge in [0.2, 0.25) is 0 Å². The summed E-state index contributed by atoms with van der Waals surface area (Å²) in [7, 11) is 4.63. The van der Waals surface area contributed by atoms with Gasteiger partial charge in [-0.1, -0.05) is 18.7 Å². The summed E-state index contributed by atoms with van der Waals surface area (Å²) in [5.74, 6) is 0.631. The zero-order valence-corrected chi connectivity index (χ0v) is 18.3. The Morgan fingerprint density at radius 3 is 2.31 bits per heavy atom. The van der Waals surface area contributed by atoms with Gasteiger partial charge in [0.1, 0.15) is 6.61 Å². The lowest BCUT2D eigenvalue weighted by atomic mass is 10.1. The summed E-state index contributed by atoms with van der Waals surface area (Å²) in [6.45, 7) is 4.22. The highest BCUT2D eigenvalue weighted by atomic mass is 16.5. The smallest absolute Gasteiger partial charge is 0.329 e. The van der Waals surface area contributed by atoms with Gasteiger partial charge in [-0.25, -0.2) is 5.43 Å². The molecule has 0 aromatic heterocycles. The molecular weight excluding hydrogens is 414 g/mol. The molecule has 0 heterocycles. The molecule has 0 aliphatic heterocycles. The van der Waals surface area contributed by atoms with Crippen molar-refractivity contribution >= 4 is 18.0 Å². The first kappa shape index (κ1) is 24.3. The van der Waals surface area contributed by atoms with Gasteiger partial charge in [0.15, 0.2) is 23.0 Å². The van der Waals surface area contributed by atoms with Crippen molar-refractivity contribution in [3.63, 3.8) is 0 Å². The summed E-state index contributed by atoms with van der Waals surface area (Å²) in [6.07, 6.45) is 3.54. The lowest BCUT2D eigenvalue weighted by Gasteiger charge is -2.10. The molecule has 0 unspecified atom stereocenters.